The fourth-order valence-electron chi connectivity index (χ4n) is 3.15. The normalized spacial score (nSPS) is 29.2. The molecule has 0 aromatic heterocycles. The van der Waals surface area contributed by atoms with Crippen molar-refractivity contribution in [3.05, 3.63) is 35.4 Å². The number of benzene rings is 1. The third-order valence-electron chi connectivity index (χ3n) is 4.44. The fraction of sp³-hybridized carbons (Fsp3) is 0.625. The van der Waals surface area contributed by atoms with Crippen molar-refractivity contribution >= 4 is 0 Å². The highest BCUT2D eigenvalue weighted by Crippen LogP contribution is 2.26. The van der Waals surface area contributed by atoms with Gasteiger partial charge in [-0.25, -0.2) is 0 Å². The van der Waals surface area contributed by atoms with Crippen molar-refractivity contribution in [1.29, 1.82) is 0 Å². The van der Waals surface area contributed by atoms with Gasteiger partial charge in [-0.3, -0.25) is 4.90 Å². The van der Waals surface area contributed by atoms with Gasteiger partial charge in [-0.2, -0.15) is 0 Å². The van der Waals surface area contributed by atoms with E-state index in [1.165, 1.54) is 11.1 Å². The van der Waals surface area contributed by atoms with Gasteiger partial charge in [0.2, 0.25) is 0 Å². The highest BCUT2D eigenvalue weighted by Gasteiger charge is 2.37. The van der Waals surface area contributed by atoms with Crippen molar-refractivity contribution in [2.75, 3.05) is 19.8 Å². The SMILES string of the molecule is Cc1ccc(C[C@H]2[C@@H](O)CCCN2C2COC2)cc1. The second-order valence-corrected chi connectivity index (χ2v) is 5.90. The molecule has 0 saturated carbocycles. The van der Waals surface area contributed by atoms with E-state index in [-0.39, 0.29) is 12.1 Å². The van der Waals surface area contributed by atoms with Gasteiger partial charge in [0.1, 0.15) is 0 Å². The molecule has 0 bridgehead atoms. The zero-order valence-corrected chi connectivity index (χ0v) is 11.6. The molecule has 0 unspecified atom stereocenters. The van der Waals surface area contributed by atoms with Crippen LogP contribution in [-0.4, -0.2) is 48.0 Å². The number of rotatable bonds is 3. The lowest BCUT2D eigenvalue weighted by atomic mass is 9.91. The van der Waals surface area contributed by atoms with E-state index >= 15 is 0 Å². The molecule has 1 N–H and O–H groups in total. The maximum absolute atomic E-state index is 10.3. The molecule has 2 aliphatic rings. The Morgan fingerprint density at radius 2 is 2.00 bits per heavy atom. The molecule has 2 heterocycles. The van der Waals surface area contributed by atoms with Crippen LogP contribution < -0.4 is 0 Å². The summed E-state index contributed by atoms with van der Waals surface area (Å²) in [6.07, 6.45) is 2.77. The molecule has 3 rings (SSSR count). The van der Waals surface area contributed by atoms with E-state index in [0.29, 0.717) is 6.04 Å². The van der Waals surface area contributed by atoms with Crippen molar-refractivity contribution < 1.29 is 9.84 Å². The van der Waals surface area contributed by atoms with Crippen LogP contribution in [0, 0.1) is 6.92 Å². The maximum atomic E-state index is 10.3. The summed E-state index contributed by atoms with van der Waals surface area (Å²) in [6, 6.07) is 9.46. The van der Waals surface area contributed by atoms with Crippen LogP contribution in [0.2, 0.25) is 0 Å². The number of likely N-dealkylation sites (tertiary alicyclic amines) is 1. The Morgan fingerprint density at radius 3 is 2.63 bits per heavy atom. The van der Waals surface area contributed by atoms with Gasteiger partial charge < -0.3 is 9.84 Å². The van der Waals surface area contributed by atoms with Gasteiger partial charge >= 0.3 is 0 Å². The molecule has 0 amide bonds. The zero-order valence-electron chi connectivity index (χ0n) is 11.6. The predicted molar refractivity (Wildman–Crippen MR) is 75.2 cm³/mol. The highest BCUT2D eigenvalue weighted by atomic mass is 16.5. The van der Waals surface area contributed by atoms with Crippen LogP contribution in [0.4, 0.5) is 0 Å². The molecule has 2 saturated heterocycles. The van der Waals surface area contributed by atoms with Crippen LogP contribution in [0.1, 0.15) is 24.0 Å². The van der Waals surface area contributed by atoms with Crippen molar-refractivity contribution in [2.24, 2.45) is 0 Å². The van der Waals surface area contributed by atoms with E-state index in [1.807, 2.05) is 0 Å². The fourth-order valence-corrected chi connectivity index (χ4v) is 3.15. The van der Waals surface area contributed by atoms with Gasteiger partial charge in [0, 0.05) is 6.04 Å². The van der Waals surface area contributed by atoms with Gasteiger partial charge in [-0.05, 0) is 38.3 Å². The molecule has 0 spiro atoms. The smallest absolute Gasteiger partial charge is 0.0699 e. The molecule has 19 heavy (non-hydrogen) atoms. The Hall–Kier alpha value is -0.900. The summed E-state index contributed by atoms with van der Waals surface area (Å²) in [5, 5.41) is 10.3. The van der Waals surface area contributed by atoms with Crippen LogP contribution in [0.5, 0.6) is 0 Å². The van der Waals surface area contributed by atoms with E-state index in [4.69, 9.17) is 4.74 Å². The lowest BCUT2D eigenvalue weighted by Crippen LogP contribution is -2.59. The Kier molecular flexibility index (Phi) is 3.87. The number of aliphatic hydroxyl groups is 1. The summed E-state index contributed by atoms with van der Waals surface area (Å²) in [7, 11) is 0. The first-order valence-corrected chi connectivity index (χ1v) is 7.31. The summed E-state index contributed by atoms with van der Waals surface area (Å²) < 4.78 is 5.31. The first-order valence-electron chi connectivity index (χ1n) is 7.31. The second-order valence-electron chi connectivity index (χ2n) is 5.90. The molecule has 2 fully saturated rings. The minimum absolute atomic E-state index is 0.198. The second kappa shape index (κ2) is 5.61. The standard InChI is InChI=1S/C16H23NO2/c1-12-4-6-13(7-5-12)9-15-16(18)3-2-8-17(15)14-10-19-11-14/h4-7,14-16,18H,2-3,8-11H2,1H3/t15-,16-/m0/s1. The molecule has 2 aliphatic heterocycles. The number of nitrogens with zero attached hydrogens (tertiary/aromatic N) is 1. The summed E-state index contributed by atoms with van der Waals surface area (Å²) in [6.45, 7) is 4.87. The van der Waals surface area contributed by atoms with E-state index in [1.54, 1.807) is 0 Å². The van der Waals surface area contributed by atoms with Crippen LogP contribution in [0.3, 0.4) is 0 Å². The van der Waals surface area contributed by atoms with Gasteiger partial charge in [0.05, 0.1) is 25.4 Å². The Labute approximate surface area is 115 Å². The molecule has 1 aromatic carbocycles. The molecule has 0 radical (unpaired) electrons. The van der Waals surface area contributed by atoms with Crippen molar-refractivity contribution in [3.63, 3.8) is 0 Å². The lowest BCUT2D eigenvalue weighted by Gasteiger charge is -2.46. The molecule has 3 nitrogen and oxygen atoms in total. The average molecular weight is 261 g/mol. The number of ether oxygens (including phenoxy) is 1. The lowest BCUT2D eigenvalue weighted by molar-refractivity contribution is -0.110. The first kappa shape index (κ1) is 13.1. The number of aryl methyl sites for hydroxylation is 1. The quantitative estimate of drug-likeness (QED) is 0.900. The number of aliphatic hydroxyl groups excluding tert-OH is 1. The highest BCUT2D eigenvalue weighted by molar-refractivity contribution is 5.22. The maximum Gasteiger partial charge on any atom is 0.0699 e. The van der Waals surface area contributed by atoms with Gasteiger partial charge in [0.15, 0.2) is 0 Å². The largest absolute Gasteiger partial charge is 0.391 e. The molecule has 0 aliphatic carbocycles. The minimum Gasteiger partial charge on any atom is -0.391 e. The Bertz CT molecular complexity index is 413. The number of hydrogen-bond acceptors (Lipinski definition) is 3. The van der Waals surface area contributed by atoms with E-state index in [2.05, 4.69) is 36.1 Å². The topological polar surface area (TPSA) is 32.7 Å². The number of piperidine rings is 1. The van der Waals surface area contributed by atoms with Gasteiger partial charge in [0.25, 0.3) is 0 Å². The van der Waals surface area contributed by atoms with E-state index < -0.39 is 0 Å². The van der Waals surface area contributed by atoms with Crippen molar-refractivity contribution in [2.45, 2.75) is 44.4 Å². The molecule has 1 aromatic rings. The zero-order chi connectivity index (χ0) is 13.2. The molecular weight excluding hydrogens is 238 g/mol. The van der Waals surface area contributed by atoms with Gasteiger partial charge in [-0.15, -0.1) is 0 Å². The van der Waals surface area contributed by atoms with Crippen LogP contribution in [0.15, 0.2) is 24.3 Å². The van der Waals surface area contributed by atoms with Crippen LogP contribution in [-0.2, 0) is 11.2 Å². The van der Waals surface area contributed by atoms with E-state index in [9.17, 15) is 5.11 Å². The summed E-state index contributed by atoms with van der Waals surface area (Å²) in [4.78, 5) is 2.47. The third kappa shape index (κ3) is 2.83. The van der Waals surface area contributed by atoms with E-state index in [0.717, 1.165) is 39.0 Å². The van der Waals surface area contributed by atoms with Crippen molar-refractivity contribution in [3.8, 4) is 0 Å². The molecule has 104 valence electrons. The number of hydrogen-bond donors (Lipinski definition) is 1. The molecular formula is C16H23NO2. The summed E-state index contributed by atoms with van der Waals surface area (Å²) >= 11 is 0. The van der Waals surface area contributed by atoms with Crippen molar-refractivity contribution in [1.82, 2.24) is 4.90 Å². The average Bonchev–Trinajstić information content (AvgIpc) is 2.34. The van der Waals surface area contributed by atoms with Crippen LogP contribution >= 0.6 is 0 Å². The summed E-state index contributed by atoms with van der Waals surface area (Å²) in [5.74, 6) is 0. The third-order valence-corrected chi connectivity index (χ3v) is 4.44. The monoisotopic (exact) mass is 261 g/mol. The Morgan fingerprint density at radius 1 is 1.26 bits per heavy atom. The Balaban J connectivity index is 1.72. The summed E-state index contributed by atoms with van der Waals surface area (Å²) in [5.41, 5.74) is 2.61. The minimum atomic E-state index is -0.198. The van der Waals surface area contributed by atoms with Gasteiger partial charge in [-0.1, -0.05) is 29.8 Å². The first-order chi connectivity index (χ1) is 9.24. The molecule has 2 atom stereocenters. The van der Waals surface area contributed by atoms with Crippen LogP contribution in [0.25, 0.3) is 0 Å². The molecule has 3 heteroatoms. The predicted octanol–water partition coefficient (Wildman–Crippen LogP) is 1.76.